The summed E-state index contributed by atoms with van der Waals surface area (Å²) in [4.78, 5) is 35.2. The van der Waals surface area contributed by atoms with Crippen molar-refractivity contribution in [3.63, 3.8) is 0 Å². The lowest BCUT2D eigenvalue weighted by atomic mass is 10.2. The predicted octanol–water partition coefficient (Wildman–Crippen LogP) is 3.11. The van der Waals surface area contributed by atoms with Gasteiger partial charge in [0.05, 0.1) is 31.4 Å². The predicted molar refractivity (Wildman–Crippen MR) is 139 cm³/mol. The maximum Gasteiger partial charge on any atom is 0.274 e. The van der Waals surface area contributed by atoms with Crippen LogP contribution >= 0.6 is 11.8 Å². The molecule has 13 heteroatoms. The molecule has 2 N–H and O–H groups in total. The van der Waals surface area contributed by atoms with Crippen LogP contribution in [0.5, 0.6) is 11.5 Å². The summed E-state index contributed by atoms with van der Waals surface area (Å²) >= 11 is 1.15. The number of nitro groups is 1. The van der Waals surface area contributed by atoms with Crippen LogP contribution in [-0.4, -0.2) is 51.5 Å². The highest BCUT2D eigenvalue weighted by molar-refractivity contribution is 7.99. The third-order valence-electron chi connectivity index (χ3n) is 5.20. The van der Waals surface area contributed by atoms with Gasteiger partial charge in [0.1, 0.15) is 0 Å². The Labute approximate surface area is 217 Å². The minimum absolute atomic E-state index is 0.0219. The van der Waals surface area contributed by atoms with E-state index in [1.54, 1.807) is 62.1 Å². The van der Waals surface area contributed by atoms with Crippen LogP contribution in [0.3, 0.4) is 0 Å². The van der Waals surface area contributed by atoms with Crippen LogP contribution in [0.4, 0.5) is 11.4 Å². The first-order valence-electron chi connectivity index (χ1n) is 11.0. The number of nitrogens with zero attached hydrogens (tertiary/aromatic N) is 4. The molecule has 0 aliphatic heterocycles. The molecular formula is C24H26N6O6S. The van der Waals surface area contributed by atoms with Gasteiger partial charge in [-0.1, -0.05) is 23.9 Å². The number of hydrogen-bond donors (Lipinski definition) is 2. The normalized spacial score (nSPS) is 10.8. The number of nitro benzene ring substituents is 1. The van der Waals surface area contributed by atoms with Crippen molar-refractivity contribution in [2.75, 3.05) is 25.3 Å². The highest BCUT2D eigenvalue weighted by atomic mass is 32.2. The van der Waals surface area contributed by atoms with Crippen LogP contribution in [-0.2, 0) is 23.2 Å². The Balaban J connectivity index is 1.51. The van der Waals surface area contributed by atoms with Gasteiger partial charge in [-0.15, -0.1) is 10.2 Å². The number of thioether (sulfide) groups is 1. The SMILES string of the molecule is COc1ccc(C=CC(=O)NCc2nnc(SCC(=O)Nc3ccc(C)c([N+](=O)[O-])c3)n2C)cc1OC. The fourth-order valence-corrected chi connectivity index (χ4v) is 3.92. The zero-order chi connectivity index (χ0) is 26.9. The zero-order valence-electron chi connectivity index (χ0n) is 20.7. The summed E-state index contributed by atoms with van der Waals surface area (Å²) in [5.74, 6) is 1.01. The first kappa shape index (κ1) is 27.2. The van der Waals surface area contributed by atoms with Crippen molar-refractivity contribution in [1.82, 2.24) is 20.1 Å². The lowest BCUT2D eigenvalue weighted by molar-refractivity contribution is -0.385. The maximum absolute atomic E-state index is 12.3. The van der Waals surface area contributed by atoms with Gasteiger partial charge >= 0.3 is 0 Å². The number of carbonyl (C=O) groups excluding carboxylic acids is 2. The van der Waals surface area contributed by atoms with E-state index in [1.807, 2.05) is 0 Å². The van der Waals surface area contributed by atoms with Gasteiger partial charge < -0.3 is 24.7 Å². The lowest BCUT2D eigenvalue weighted by Crippen LogP contribution is -2.22. The van der Waals surface area contributed by atoms with Gasteiger partial charge in [0, 0.05) is 30.4 Å². The molecule has 3 aromatic rings. The molecule has 194 valence electrons. The van der Waals surface area contributed by atoms with E-state index in [0.717, 1.165) is 17.3 Å². The molecule has 1 heterocycles. The second-order valence-corrected chi connectivity index (χ2v) is 8.66. The smallest absolute Gasteiger partial charge is 0.274 e. The number of methoxy groups -OCH3 is 2. The van der Waals surface area contributed by atoms with Crippen molar-refractivity contribution in [2.45, 2.75) is 18.6 Å². The minimum atomic E-state index is -0.494. The molecule has 0 aliphatic carbocycles. The molecule has 2 aromatic carbocycles. The average Bonchev–Trinajstić information content (AvgIpc) is 3.24. The van der Waals surface area contributed by atoms with E-state index < -0.39 is 4.92 Å². The van der Waals surface area contributed by atoms with E-state index in [2.05, 4.69) is 20.8 Å². The molecule has 0 atom stereocenters. The molecule has 0 bridgehead atoms. The molecule has 0 unspecified atom stereocenters. The van der Waals surface area contributed by atoms with Gasteiger partial charge in [0.15, 0.2) is 22.5 Å². The number of ether oxygens (including phenoxy) is 2. The second kappa shape index (κ2) is 12.5. The van der Waals surface area contributed by atoms with Crippen LogP contribution in [0, 0.1) is 17.0 Å². The number of hydrogen-bond acceptors (Lipinski definition) is 9. The van der Waals surface area contributed by atoms with Crippen molar-refractivity contribution in [1.29, 1.82) is 0 Å². The molecule has 0 saturated carbocycles. The van der Waals surface area contributed by atoms with Gasteiger partial charge in [-0.25, -0.2) is 0 Å². The quantitative estimate of drug-likeness (QED) is 0.166. The summed E-state index contributed by atoms with van der Waals surface area (Å²) in [5.41, 5.74) is 1.55. The number of amides is 2. The van der Waals surface area contributed by atoms with Crippen molar-refractivity contribution in [3.05, 3.63) is 69.5 Å². The van der Waals surface area contributed by atoms with E-state index in [1.165, 1.54) is 19.3 Å². The highest BCUT2D eigenvalue weighted by Crippen LogP contribution is 2.28. The topological polar surface area (TPSA) is 151 Å². The van der Waals surface area contributed by atoms with Gasteiger partial charge in [0.2, 0.25) is 11.8 Å². The standard InChI is InChI=1S/C24H26N6O6S/c1-15-5-8-17(12-18(15)30(33)34)26-23(32)14-37-24-28-27-21(29(24)2)13-25-22(31)10-7-16-6-9-19(35-3)20(11-16)36-4/h5-12H,13-14H2,1-4H3,(H,25,31)(H,26,32). The number of nitrogens with one attached hydrogen (secondary N) is 2. The molecule has 12 nitrogen and oxygen atoms in total. The third-order valence-corrected chi connectivity index (χ3v) is 6.22. The van der Waals surface area contributed by atoms with Gasteiger partial charge in [0.25, 0.3) is 5.69 Å². The molecule has 3 rings (SSSR count). The second-order valence-electron chi connectivity index (χ2n) is 7.72. The summed E-state index contributed by atoms with van der Waals surface area (Å²) in [6.45, 7) is 1.76. The third kappa shape index (κ3) is 7.30. The van der Waals surface area contributed by atoms with Crippen molar-refractivity contribution in [2.24, 2.45) is 7.05 Å². The Hall–Kier alpha value is -4.39. The summed E-state index contributed by atoms with van der Waals surface area (Å²) in [6, 6.07) is 9.81. The van der Waals surface area contributed by atoms with Crippen LogP contribution in [0.1, 0.15) is 17.0 Å². The molecular weight excluding hydrogens is 500 g/mol. The molecule has 0 aliphatic rings. The van der Waals surface area contributed by atoms with E-state index in [0.29, 0.717) is 33.7 Å². The van der Waals surface area contributed by atoms with Crippen molar-refractivity contribution >= 4 is 41.0 Å². The van der Waals surface area contributed by atoms with Crippen LogP contribution in [0.15, 0.2) is 47.6 Å². The fraction of sp³-hybridized carbons (Fsp3) is 0.250. The van der Waals surface area contributed by atoms with E-state index in [9.17, 15) is 19.7 Å². The Morgan fingerprint density at radius 2 is 1.89 bits per heavy atom. The highest BCUT2D eigenvalue weighted by Gasteiger charge is 2.15. The zero-order valence-corrected chi connectivity index (χ0v) is 21.5. The summed E-state index contributed by atoms with van der Waals surface area (Å²) in [5, 5.41) is 25.1. The van der Waals surface area contributed by atoms with Crippen LogP contribution in [0.2, 0.25) is 0 Å². The molecule has 0 radical (unpaired) electrons. The van der Waals surface area contributed by atoms with Gasteiger partial charge in [-0.05, 0) is 36.8 Å². The molecule has 2 amide bonds. The number of benzene rings is 2. The fourth-order valence-electron chi connectivity index (χ4n) is 3.19. The lowest BCUT2D eigenvalue weighted by Gasteiger charge is -2.07. The Morgan fingerprint density at radius 1 is 1.14 bits per heavy atom. The Kier molecular flexibility index (Phi) is 9.21. The van der Waals surface area contributed by atoms with Crippen LogP contribution in [0.25, 0.3) is 6.08 Å². The van der Waals surface area contributed by atoms with E-state index in [4.69, 9.17) is 9.47 Å². The van der Waals surface area contributed by atoms with E-state index >= 15 is 0 Å². The largest absolute Gasteiger partial charge is 0.493 e. The Bertz CT molecular complexity index is 1340. The molecule has 0 fully saturated rings. The monoisotopic (exact) mass is 526 g/mol. The number of aryl methyl sites for hydroxylation is 1. The average molecular weight is 527 g/mol. The summed E-state index contributed by atoms with van der Waals surface area (Å²) in [7, 11) is 4.81. The molecule has 37 heavy (non-hydrogen) atoms. The molecule has 1 aromatic heterocycles. The summed E-state index contributed by atoms with van der Waals surface area (Å²) < 4.78 is 12.1. The summed E-state index contributed by atoms with van der Waals surface area (Å²) in [6.07, 6.45) is 3.05. The number of anilines is 1. The minimum Gasteiger partial charge on any atom is -0.493 e. The maximum atomic E-state index is 12.3. The molecule has 0 saturated heterocycles. The van der Waals surface area contributed by atoms with Crippen molar-refractivity contribution < 1.29 is 24.0 Å². The first-order chi connectivity index (χ1) is 17.7. The molecule has 0 spiro atoms. The Morgan fingerprint density at radius 3 is 2.59 bits per heavy atom. The van der Waals surface area contributed by atoms with Crippen LogP contribution < -0.4 is 20.1 Å². The van der Waals surface area contributed by atoms with E-state index in [-0.39, 0.29) is 29.8 Å². The first-order valence-corrected chi connectivity index (χ1v) is 11.9. The van der Waals surface area contributed by atoms with Gasteiger partial charge in [-0.3, -0.25) is 19.7 Å². The number of carbonyl (C=O) groups is 2. The van der Waals surface area contributed by atoms with Gasteiger partial charge in [-0.2, -0.15) is 0 Å². The van der Waals surface area contributed by atoms with Crippen molar-refractivity contribution in [3.8, 4) is 11.5 Å². The number of rotatable bonds is 11. The number of aromatic nitrogens is 3.